The zero-order chi connectivity index (χ0) is 40.9. The summed E-state index contributed by atoms with van der Waals surface area (Å²) >= 11 is 0. The third-order valence-electron chi connectivity index (χ3n) is 11.5. The number of benzene rings is 3. The highest BCUT2D eigenvalue weighted by Gasteiger charge is 2.33. The summed E-state index contributed by atoms with van der Waals surface area (Å²) in [5.41, 5.74) is 9.93. The molecule has 304 valence electrons. The molecule has 3 atom stereocenters. The van der Waals surface area contributed by atoms with E-state index < -0.39 is 0 Å². The Morgan fingerprint density at radius 2 is 1.53 bits per heavy atom. The van der Waals surface area contributed by atoms with E-state index >= 15 is 0 Å². The van der Waals surface area contributed by atoms with Crippen LogP contribution in [0.1, 0.15) is 98.4 Å². The molecule has 0 saturated carbocycles. The minimum atomic E-state index is 0.160. The fourth-order valence-electron chi connectivity index (χ4n) is 7.42. The third-order valence-corrected chi connectivity index (χ3v) is 11.5. The summed E-state index contributed by atoms with van der Waals surface area (Å²) in [4.78, 5) is 20.7. The van der Waals surface area contributed by atoms with Gasteiger partial charge >= 0.3 is 0 Å². The SMILES string of the molecule is C=C(CC)NC[C@@H](C)CC.C=C(CC)N[C@H](C(=C)N1CCC[C@H]1c1nc2ccc(-c3ccc4cc(-c5cnc[nH]5)ccc4c3)cc2[nH]1)C(C)C.C=CN1CCCC1. The van der Waals surface area contributed by atoms with Crippen LogP contribution in [-0.4, -0.2) is 62.0 Å². The van der Waals surface area contributed by atoms with Crippen LogP contribution in [0.5, 0.6) is 0 Å². The molecular weight excluding hydrogens is 701 g/mol. The standard InChI is InChI=1S/C34H38N6.C9H19N.C6H11N/c1-6-22(4)37-33(21(2)3)23(5)40-15-7-8-32(40)34-38-29-14-13-27(18-30(29)39-34)25-9-10-26-17-28(12-11-24(26)16-25)31-19-35-20-36-31;1-5-8(3)7-10-9(4)6-2;1-2-7-5-3-4-6-7/h9-14,16-21,32-33,37H,4-8,15H2,1-3H3,(H,35,36)(H,38,39);8,10H,4-7H2,1-3H3;2H,1,3-6H2/t32-,33-;8-;/m00./s1. The molecule has 2 aromatic heterocycles. The molecule has 0 aliphatic carbocycles. The van der Waals surface area contributed by atoms with Gasteiger partial charge in [0.25, 0.3) is 0 Å². The summed E-state index contributed by atoms with van der Waals surface area (Å²) in [6, 6.07) is 20.1. The number of hydrogen-bond donors (Lipinski definition) is 4. The first-order valence-corrected chi connectivity index (χ1v) is 21.3. The molecule has 8 nitrogen and oxygen atoms in total. The van der Waals surface area contributed by atoms with Crippen LogP contribution in [0.4, 0.5) is 0 Å². The fourth-order valence-corrected chi connectivity index (χ4v) is 7.42. The largest absolute Gasteiger partial charge is 0.389 e. The van der Waals surface area contributed by atoms with Crippen molar-refractivity contribution in [2.45, 2.75) is 98.6 Å². The van der Waals surface area contributed by atoms with Crippen LogP contribution in [0.15, 0.2) is 117 Å². The van der Waals surface area contributed by atoms with Crippen LogP contribution >= 0.6 is 0 Å². The van der Waals surface area contributed by atoms with Gasteiger partial charge in [-0.05, 0) is 103 Å². The zero-order valence-electron chi connectivity index (χ0n) is 35.6. The molecule has 2 aliphatic rings. The van der Waals surface area contributed by atoms with Gasteiger partial charge in [0.1, 0.15) is 5.82 Å². The van der Waals surface area contributed by atoms with Gasteiger partial charge in [0.15, 0.2) is 0 Å². The van der Waals surface area contributed by atoms with Crippen molar-refractivity contribution in [3.05, 3.63) is 123 Å². The Balaban J connectivity index is 0.000000303. The molecule has 0 spiro atoms. The molecule has 2 aliphatic heterocycles. The monoisotopic (exact) mass is 769 g/mol. The van der Waals surface area contributed by atoms with Gasteiger partial charge < -0.3 is 30.4 Å². The highest BCUT2D eigenvalue weighted by molar-refractivity contribution is 5.91. The summed E-state index contributed by atoms with van der Waals surface area (Å²) in [6.45, 7) is 34.0. The van der Waals surface area contributed by atoms with E-state index in [0.717, 1.165) is 89.9 Å². The summed E-state index contributed by atoms with van der Waals surface area (Å²) in [5, 5.41) is 9.33. The predicted molar refractivity (Wildman–Crippen MR) is 244 cm³/mol. The number of H-pyrrole nitrogens is 2. The molecular formula is C49H68N8. The summed E-state index contributed by atoms with van der Waals surface area (Å²) in [6.07, 6.45) is 13.6. The predicted octanol–water partition coefficient (Wildman–Crippen LogP) is 11.7. The Bertz CT molecular complexity index is 2070. The van der Waals surface area contributed by atoms with Crippen LogP contribution in [0.3, 0.4) is 0 Å². The van der Waals surface area contributed by atoms with Crippen LogP contribution < -0.4 is 10.6 Å². The Hall–Kier alpha value is -5.24. The van der Waals surface area contributed by atoms with Crippen LogP contribution in [0, 0.1) is 11.8 Å². The van der Waals surface area contributed by atoms with Crippen molar-refractivity contribution in [3.8, 4) is 22.4 Å². The Morgan fingerprint density at radius 1 is 0.860 bits per heavy atom. The number of hydrogen-bond acceptors (Lipinski definition) is 6. The molecule has 8 heteroatoms. The van der Waals surface area contributed by atoms with Crippen molar-refractivity contribution in [3.63, 3.8) is 0 Å². The number of nitrogens with one attached hydrogen (secondary N) is 4. The lowest BCUT2D eigenvalue weighted by Crippen LogP contribution is -2.41. The Kier molecular flexibility index (Phi) is 15.6. The first-order chi connectivity index (χ1) is 27.5. The van der Waals surface area contributed by atoms with Crippen molar-refractivity contribution in [1.29, 1.82) is 0 Å². The second-order valence-corrected chi connectivity index (χ2v) is 16.0. The van der Waals surface area contributed by atoms with Crippen molar-refractivity contribution in [1.82, 2.24) is 40.4 Å². The maximum atomic E-state index is 5.04. The first kappa shape index (κ1) is 42.9. The van der Waals surface area contributed by atoms with Crippen LogP contribution in [0.2, 0.25) is 0 Å². The van der Waals surface area contributed by atoms with E-state index in [4.69, 9.17) is 4.98 Å². The van der Waals surface area contributed by atoms with Gasteiger partial charge in [-0.3, -0.25) is 0 Å². The van der Waals surface area contributed by atoms with E-state index in [1.54, 1.807) is 6.33 Å². The smallest absolute Gasteiger partial charge is 0.130 e. The highest BCUT2D eigenvalue weighted by atomic mass is 15.2. The molecule has 4 N–H and O–H groups in total. The topological polar surface area (TPSA) is 87.9 Å². The van der Waals surface area contributed by atoms with Crippen molar-refractivity contribution in [2.75, 3.05) is 26.2 Å². The quantitative estimate of drug-likeness (QED) is 0.0848. The van der Waals surface area contributed by atoms with Gasteiger partial charge in [-0.2, -0.15) is 0 Å². The van der Waals surface area contributed by atoms with Gasteiger partial charge in [0.2, 0.25) is 0 Å². The minimum Gasteiger partial charge on any atom is -0.389 e. The number of aromatic amines is 2. The number of imidazole rings is 2. The molecule has 2 saturated heterocycles. The van der Waals surface area contributed by atoms with E-state index in [-0.39, 0.29) is 12.1 Å². The molecule has 0 radical (unpaired) electrons. The molecule has 5 aromatic rings. The summed E-state index contributed by atoms with van der Waals surface area (Å²) in [7, 11) is 0. The molecule has 2 fully saturated rings. The van der Waals surface area contributed by atoms with Gasteiger partial charge in [-0.15, -0.1) is 0 Å². The Labute approximate surface area is 342 Å². The number of rotatable bonds is 15. The maximum absolute atomic E-state index is 5.04. The average molecular weight is 769 g/mol. The van der Waals surface area contributed by atoms with Crippen molar-refractivity contribution >= 4 is 21.8 Å². The minimum absolute atomic E-state index is 0.160. The molecule has 57 heavy (non-hydrogen) atoms. The van der Waals surface area contributed by atoms with Gasteiger partial charge in [-0.25, -0.2) is 9.97 Å². The number of aromatic nitrogens is 4. The molecule has 0 amide bonds. The van der Waals surface area contributed by atoms with E-state index in [1.165, 1.54) is 54.3 Å². The second kappa shape index (κ2) is 20.8. The number of nitrogens with zero attached hydrogens (tertiary/aromatic N) is 4. The van der Waals surface area contributed by atoms with E-state index in [9.17, 15) is 0 Å². The van der Waals surface area contributed by atoms with E-state index in [1.807, 2.05) is 12.4 Å². The van der Waals surface area contributed by atoms with Crippen LogP contribution in [0.25, 0.3) is 44.2 Å². The zero-order valence-corrected chi connectivity index (χ0v) is 35.6. The average Bonchev–Trinajstić information content (AvgIpc) is 4.09. The lowest BCUT2D eigenvalue weighted by molar-refractivity contribution is 0.271. The maximum Gasteiger partial charge on any atom is 0.130 e. The lowest BCUT2D eigenvalue weighted by atomic mass is 9.99. The third kappa shape index (κ3) is 11.4. The number of allylic oxidation sites excluding steroid dienone is 2. The van der Waals surface area contributed by atoms with E-state index in [2.05, 4.69) is 158 Å². The van der Waals surface area contributed by atoms with Crippen molar-refractivity contribution < 1.29 is 0 Å². The molecule has 4 heterocycles. The van der Waals surface area contributed by atoms with E-state index in [0.29, 0.717) is 5.92 Å². The summed E-state index contributed by atoms with van der Waals surface area (Å²) in [5.74, 6) is 2.20. The summed E-state index contributed by atoms with van der Waals surface area (Å²) < 4.78 is 0. The van der Waals surface area contributed by atoms with Gasteiger partial charge in [0, 0.05) is 48.8 Å². The normalized spacial score (nSPS) is 16.1. The molecule has 0 unspecified atom stereocenters. The number of likely N-dealkylation sites (tertiary alicyclic amines) is 2. The van der Waals surface area contributed by atoms with Gasteiger partial charge in [0.05, 0.1) is 41.3 Å². The van der Waals surface area contributed by atoms with Gasteiger partial charge in [-0.1, -0.05) is 105 Å². The highest BCUT2D eigenvalue weighted by Crippen LogP contribution is 2.37. The second-order valence-electron chi connectivity index (χ2n) is 16.0. The molecule has 3 aromatic carbocycles. The van der Waals surface area contributed by atoms with Crippen molar-refractivity contribution in [2.24, 2.45) is 11.8 Å². The first-order valence-electron chi connectivity index (χ1n) is 21.3. The fraction of sp³-hybridized carbons (Fsp3) is 0.429. The molecule has 7 rings (SSSR count). The number of fused-ring (bicyclic) bond motifs is 2. The van der Waals surface area contributed by atoms with Crippen LogP contribution in [-0.2, 0) is 0 Å². The lowest BCUT2D eigenvalue weighted by Gasteiger charge is -2.35. The Morgan fingerprint density at radius 3 is 2.14 bits per heavy atom. The molecule has 0 bridgehead atoms.